The molecule has 10 heteroatoms. The Kier molecular flexibility index (Phi) is 7.03. The number of aliphatic hydroxyl groups excluding tert-OH is 1. The number of hydrogen-bond acceptors (Lipinski definition) is 4. The van der Waals surface area contributed by atoms with Crippen molar-refractivity contribution in [3.8, 4) is 0 Å². The van der Waals surface area contributed by atoms with Gasteiger partial charge in [0.05, 0.1) is 18.2 Å². The molecule has 2 aromatic carbocycles. The largest absolute Gasteiger partial charge is 0.416 e. The first-order chi connectivity index (χ1) is 14.6. The van der Waals surface area contributed by atoms with E-state index in [1.807, 2.05) is 0 Å². The van der Waals surface area contributed by atoms with Crippen molar-refractivity contribution in [2.24, 2.45) is 5.92 Å². The Balaban J connectivity index is 1.60. The highest BCUT2D eigenvalue weighted by Gasteiger charge is 2.44. The molecule has 3 unspecified atom stereocenters. The highest BCUT2D eigenvalue weighted by molar-refractivity contribution is 7.79. The normalized spacial score (nSPS) is 20.1. The number of alkyl halides is 3. The minimum Gasteiger partial charge on any atom is -0.392 e. The van der Waals surface area contributed by atoms with Crippen LogP contribution in [0.3, 0.4) is 0 Å². The summed E-state index contributed by atoms with van der Waals surface area (Å²) in [5, 5.41) is 15.2. The summed E-state index contributed by atoms with van der Waals surface area (Å²) in [4.78, 5) is 12.6. The van der Waals surface area contributed by atoms with Crippen LogP contribution in [0, 0.1) is 5.92 Å². The summed E-state index contributed by atoms with van der Waals surface area (Å²) in [6.45, 7) is 1.51. The van der Waals surface area contributed by atoms with Gasteiger partial charge in [0.25, 0.3) is 0 Å². The van der Waals surface area contributed by atoms with Crippen LogP contribution >= 0.6 is 0 Å². The average Bonchev–Trinajstić information content (AvgIpc) is 3.52. The number of aliphatic hydroxyl groups is 1. The summed E-state index contributed by atoms with van der Waals surface area (Å²) in [6, 6.07) is 9.66. The third-order valence-electron chi connectivity index (χ3n) is 5.34. The van der Waals surface area contributed by atoms with Crippen molar-refractivity contribution in [1.29, 1.82) is 0 Å². The van der Waals surface area contributed by atoms with E-state index >= 15 is 0 Å². The van der Waals surface area contributed by atoms with Crippen molar-refractivity contribution >= 4 is 22.7 Å². The number of benzene rings is 2. The molecule has 168 valence electrons. The number of carbonyl (C=O) groups excluding carboxylic acids is 1. The molecule has 6 nitrogen and oxygen atoms in total. The molecule has 1 saturated carbocycles. The van der Waals surface area contributed by atoms with Gasteiger partial charge in [0.2, 0.25) is 5.91 Å². The van der Waals surface area contributed by atoms with Crippen molar-refractivity contribution in [3.63, 3.8) is 0 Å². The van der Waals surface area contributed by atoms with Gasteiger partial charge in [-0.25, -0.2) is 4.21 Å². The number of amides is 1. The van der Waals surface area contributed by atoms with E-state index < -0.39 is 22.8 Å². The van der Waals surface area contributed by atoms with Gasteiger partial charge in [-0.15, -0.1) is 0 Å². The minimum absolute atomic E-state index is 0.103. The number of nitrogens with one attached hydrogen (secondary N) is 2. The lowest BCUT2D eigenvalue weighted by molar-refractivity contribution is -0.137. The zero-order chi connectivity index (χ0) is 22.8. The molecule has 0 radical (unpaired) electrons. The summed E-state index contributed by atoms with van der Waals surface area (Å²) >= 11 is -2.03. The molecule has 0 aromatic heterocycles. The Morgan fingerprint density at radius 3 is 2.48 bits per heavy atom. The minimum atomic E-state index is -4.39. The summed E-state index contributed by atoms with van der Waals surface area (Å²) in [7, 11) is 0. The van der Waals surface area contributed by atoms with E-state index in [0.717, 1.165) is 17.7 Å². The third-order valence-corrected chi connectivity index (χ3v) is 5.73. The predicted molar refractivity (Wildman–Crippen MR) is 110 cm³/mol. The zero-order valence-corrected chi connectivity index (χ0v) is 17.5. The first kappa shape index (κ1) is 23.2. The van der Waals surface area contributed by atoms with Crippen molar-refractivity contribution in [1.82, 2.24) is 5.32 Å². The summed E-state index contributed by atoms with van der Waals surface area (Å²) in [5.74, 6) is -0.753. The fourth-order valence-corrected chi connectivity index (χ4v) is 3.78. The van der Waals surface area contributed by atoms with Crippen LogP contribution in [0.25, 0.3) is 0 Å². The van der Waals surface area contributed by atoms with Crippen molar-refractivity contribution in [2.75, 3.05) is 11.2 Å². The molecule has 1 amide bonds. The third kappa shape index (κ3) is 5.84. The quantitative estimate of drug-likeness (QED) is 0.454. The molecule has 4 atom stereocenters. The van der Waals surface area contributed by atoms with Crippen LogP contribution in [0.5, 0.6) is 0 Å². The molecule has 1 aliphatic rings. The number of halogens is 3. The summed E-state index contributed by atoms with van der Waals surface area (Å²) < 4.78 is 57.8. The van der Waals surface area contributed by atoms with Gasteiger partial charge in [-0.2, -0.15) is 13.2 Å². The maximum absolute atomic E-state index is 12.7. The number of anilines is 1. The highest BCUT2D eigenvalue weighted by Crippen LogP contribution is 2.48. The van der Waals surface area contributed by atoms with Gasteiger partial charge in [0.1, 0.15) is 5.88 Å². The van der Waals surface area contributed by atoms with Gasteiger partial charge in [-0.3, -0.25) is 4.79 Å². The Hall–Kier alpha value is -2.43. The molecule has 0 saturated heterocycles. The van der Waals surface area contributed by atoms with E-state index in [1.54, 1.807) is 25.1 Å². The van der Waals surface area contributed by atoms with Crippen LogP contribution < -0.4 is 10.6 Å². The highest BCUT2D eigenvalue weighted by atomic mass is 32.2. The lowest BCUT2D eigenvalue weighted by Gasteiger charge is -2.17. The van der Waals surface area contributed by atoms with Crippen LogP contribution in [-0.4, -0.2) is 25.7 Å². The average molecular weight is 456 g/mol. The molecule has 0 bridgehead atoms. The fraction of sp³-hybridized carbons (Fsp3) is 0.381. The van der Waals surface area contributed by atoms with Gasteiger partial charge >= 0.3 is 6.18 Å². The van der Waals surface area contributed by atoms with Crippen LogP contribution in [-0.2, 0) is 28.7 Å². The van der Waals surface area contributed by atoms with E-state index in [1.165, 1.54) is 12.1 Å². The monoisotopic (exact) mass is 456 g/mol. The molecule has 3 rings (SSSR count). The lowest BCUT2D eigenvalue weighted by atomic mass is 10.0. The van der Waals surface area contributed by atoms with E-state index in [4.69, 9.17) is 4.55 Å². The van der Waals surface area contributed by atoms with Crippen molar-refractivity contribution in [3.05, 3.63) is 64.7 Å². The van der Waals surface area contributed by atoms with Crippen LogP contribution in [0.1, 0.15) is 47.6 Å². The van der Waals surface area contributed by atoms with Gasteiger partial charge < -0.3 is 20.3 Å². The molecular formula is C21H23F3N2O4S. The Bertz CT molecular complexity index is 966. The van der Waals surface area contributed by atoms with Crippen LogP contribution in [0.15, 0.2) is 42.5 Å². The number of rotatable bonds is 8. The van der Waals surface area contributed by atoms with Crippen LogP contribution in [0.2, 0.25) is 0 Å². The first-order valence-corrected chi connectivity index (χ1v) is 10.9. The predicted octanol–water partition coefficient (Wildman–Crippen LogP) is 3.77. The van der Waals surface area contributed by atoms with Crippen molar-refractivity contribution < 1.29 is 31.8 Å². The molecule has 1 fully saturated rings. The van der Waals surface area contributed by atoms with Gasteiger partial charge in [-0.05, 0) is 54.7 Å². The van der Waals surface area contributed by atoms with E-state index in [9.17, 15) is 27.3 Å². The maximum atomic E-state index is 12.7. The SMILES string of the molecule is C[C@@H](NC(=O)C1CC1c1ccc(C(F)(F)F)cc1)c1ccc(NCS(=O)O)c(CO)c1. The Morgan fingerprint density at radius 1 is 1.23 bits per heavy atom. The lowest BCUT2D eigenvalue weighted by Crippen LogP contribution is -2.28. The van der Waals surface area contributed by atoms with Gasteiger partial charge in [0, 0.05) is 17.2 Å². The topological polar surface area (TPSA) is 98.7 Å². The second-order valence-corrected chi connectivity index (χ2v) is 8.45. The number of hydrogen-bond donors (Lipinski definition) is 4. The molecule has 0 spiro atoms. The zero-order valence-electron chi connectivity index (χ0n) is 16.6. The van der Waals surface area contributed by atoms with Crippen molar-refractivity contribution in [2.45, 2.75) is 38.1 Å². The summed E-state index contributed by atoms with van der Waals surface area (Å²) in [5.41, 5.74) is 1.80. The standard InChI is InChI=1S/C21H23F3N2O4S/c1-12(14-4-7-19(15(8-14)10-27)25-11-31(29)30)26-20(28)18-9-17(18)13-2-5-16(6-3-13)21(22,23)24/h2-8,12,17-18,25,27H,9-11H2,1H3,(H,26,28)(H,29,30)/t12-,17?,18?/m1/s1. The first-order valence-electron chi connectivity index (χ1n) is 9.62. The fourth-order valence-electron chi connectivity index (χ4n) is 3.50. The Morgan fingerprint density at radius 2 is 1.90 bits per heavy atom. The van der Waals surface area contributed by atoms with Crippen LogP contribution in [0.4, 0.5) is 18.9 Å². The second kappa shape index (κ2) is 9.37. The molecule has 2 aromatic rings. The maximum Gasteiger partial charge on any atom is 0.416 e. The molecule has 4 N–H and O–H groups in total. The van der Waals surface area contributed by atoms with E-state index in [0.29, 0.717) is 23.2 Å². The molecule has 0 heterocycles. The Labute approximate surface area is 180 Å². The number of carbonyl (C=O) groups is 1. The van der Waals surface area contributed by atoms with E-state index in [2.05, 4.69) is 10.6 Å². The molecule has 1 aliphatic carbocycles. The second-order valence-electron chi connectivity index (χ2n) is 7.52. The smallest absolute Gasteiger partial charge is 0.392 e. The summed E-state index contributed by atoms with van der Waals surface area (Å²) in [6.07, 6.45) is -3.81. The van der Waals surface area contributed by atoms with E-state index in [-0.39, 0.29) is 36.3 Å². The van der Waals surface area contributed by atoms with Gasteiger partial charge in [0.15, 0.2) is 11.1 Å². The molecule has 31 heavy (non-hydrogen) atoms. The molecular weight excluding hydrogens is 433 g/mol. The molecule has 0 aliphatic heterocycles. The van der Waals surface area contributed by atoms with Gasteiger partial charge in [-0.1, -0.05) is 18.2 Å².